The van der Waals surface area contributed by atoms with Gasteiger partial charge in [0.25, 0.3) is 0 Å². The molecule has 1 heterocycles. The number of hydrogen-bond acceptors (Lipinski definition) is 4. The fourth-order valence-electron chi connectivity index (χ4n) is 0.890. The highest BCUT2D eigenvalue weighted by Crippen LogP contribution is 2.17. The van der Waals surface area contributed by atoms with Crippen molar-refractivity contribution >= 4 is 11.9 Å². The number of aromatic nitrogens is 1. The Morgan fingerprint density at radius 3 is 2.43 bits per heavy atom. The van der Waals surface area contributed by atoms with Crippen molar-refractivity contribution in [3.05, 3.63) is 23.5 Å². The maximum Gasteiger partial charge on any atom is 0.354 e. The third kappa shape index (κ3) is 1.79. The number of carboxylic acid groups (broad SMARTS) is 2. The van der Waals surface area contributed by atoms with Crippen molar-refractivity contribution in [3.8, 4) is 5.75 Å². The van der Waals surface area contributed by atoms with E-state index < -0.39 is 11.9 Å². The molecule has 1 rings (SSSR count). The van der Waals surface area contributed by atoms with Gasteiger partial charge in [0.15, 0.2) is 5.75 Å². The summed E-state index contributed by atoms with van der Waals surface area (Å²) in [5.74, 6) is -2.51. The average Bonchev–Trinajstić information content (AvgIpc) is 2.16. The summed E-state index contributed by atoms with van der Waals surface area (Å²) in [6, 6.07) is 0.948. The molecule has 0 atom stereocenters. The molecule has 0 radical (unpaired) electrons. The highest BCUT2D eigenvalue weighted by Gasteiger charge is 2.15. The zero-order chi connectivity index (χ0) is 10.7. The van der Waals surface area contributed by atoms with Gasteiger partial charge in [0.05, 0.1) is 13.3 Å². The van der Waals surface area contributed by atoms with Crippen LogP contribution in [0.1, 0.15) is 20.8 Å². The Morgan fingerprint density at radius 1 is 1.36 bits per heavy atom. The number of aromatic carboxylic acids is 2. The number of rotatable bonds is 3. The van der Waals surface area contributed by atoms with Crippen molar-refractivity contribution in [3.63, 3.8) is 0 Å². The largest absolute Gasteiger partial charge is 0.494 e. The van der Waals surface area contributed by atoms with Crippen molar-refractivity contribution < 1.29 is 24.5 Å². The molecule has 6 nitrogen and oxygen atoms in total. The summed E-state index contributed by atoms with van der Waals surface area (Å²) in [6.07, 6.45) is 1.06. The maximum atomic E-state index is 10.7. The van der Waals surface area contributed by atoms with Gasteiger partial charge in [0, 0.05) is 0 Å². The Balaban J connectivity index is 3.27. The molecule has 0 aromatic carbocycles. The van der Waals surface area contributed by atoms with Crippen LogP contribution in [-0.2, 0) is 0 Å². The third-order valence-electron chi connectivity index (χ3n) is 1.54. The van der Waals surface area contributed by atoms with Crippen molar-refractivity contribution in [2.75, 3.05) is 7.11 Å². The number of ether oxygens (including phenoxy) is 1. The summed E-state index contributed by atoms with van der Waals surface area (Å²) in [4.78, 5) is 24.6. The lowest BCUT2D eigenvalue weighted by Crippen LogP contribution is -2.06. The van der Waals surface area contributed by atoms with Gasteiger partial charge in [-0.1, -0.05) is 0 Å². The van der Waals surface area contributed by atoms with Crippen LogP contribution in [0.25, 0.3) is 0 Å². The van der Waals surface area contributed by atoms with E-state index in [2.05, 4.69) is 4.98 Å². The van der Waals surface area contributed by atoms with Crippen molar-refractivity contribution in [2.24, 2.45) is 0 Å². The zero-order valence-electron chi connectivity index (χ0n) is 7.22. The molecule has 0 saturated carbocycles. The summed E-state index contributed by atoms with van der Waals surface area (Å²) in [6.45, 7) is 0. The fraction of sp³-hybridized carbons (Fsp3) is 0.125. The Bertz CT molecular complexity index is 387. The fourth-order valence-corrected chi connectivity index (χ4v) is 0.890. The van der Waals surface area contributed by atoms with Gasteiger partial charge >= 0.3 is 11.9 Å². The van der Waals surface area contributed by atoms with E-state index in [0.29, 0.717) is 0 Å². The molecular weight excluding hydrogens is 190 g/mol. The second-order valence-electron chi connectivity index (χ2n) is 2.38. The van der Waals surface area contributed by atoms with E-state index in [1.54, 1.807) is 0 Å². The average molecular weight is 197 g/mol. The standard InChI is InChI=1S/C8H7NO5/c1-14-6-3-9-5(8(12)13)2-4(6)7(10)11/h2-3H,1H3,(H,10,11)(H,12,13). The molecule has 0 spiro atoms. The number of pyridine rings is 1. The predicted octanol–water partition coefficient (Wildman–Crippen LogP) is 0.487. The minimum absolute atomic E-state index is 0.0301. The number of carboxylic acids is 2. The first-order valence-electron chi connectivity index (χ1n) is 3.57. The SMILES string of the molecule is COc1cnc(C(=O)O)cc1C(=O)O. The molecule has 0 saturated heterocycles. The van der Waals surface area contributed by atoms with Crippen LogP contribution in [0.15, 0.2) is 12.3 Å². The summed E-state index contributed by atoms with van der Waals surface area (Å²) in [5.41, 5.74) is -0.553. The summed E-state index contributed by atoms with van der Waals surface area (Å²) >= 11 is 0. The van der Waals surface area contributed by atoms with E-state index in [1.165, 1.54) is 7.11 Å². The van der Waals surface area contributed by atoms with Crippen molar-refractivity contribution in [2.45, 2.75) is 0 Å². The number of hydrogen-bond donors (Lipinski definition) is 2. The van der Waals surface area contributed by atoms with Gasteiger partial charge < -0.3 is 14.9 Å². The molecule has 0 aliphatic carbocycles. The number of nitrogens with zero attached hydrogens (tertiary/aromatic N) is 1. The van der Waals surface area contributed by atoms with Gasteiger partial charge in [0.2, 0.25) is 0 Å². The van der Waals surface area contributed by atoms with Gasteiger partial charge in [-0.15, -0.1) is 0 Å². The highest BCUT2D eigenvalue weighted by molar-refractivity contribution is 5.94. The van der Waals surface area contributed by atoms with Gasteiger partial charge in [-0.3, -0.25) is 0 Å². The highest BCUT2D eigenvalue weighted by atomic mass is 16.5. The predicted molar refractivity (Wildman–Crippen MR) is 44.7 cm³/mol. The zero-order valence-corrected chi connectivity index (χ0v) is 7.22. The van der Waals surface area contributed by atoms with Crippen LogP contribution in [-0.4, -0.2) is 34.2 Å². The van der Waals surface area contributed by atoms with Gasteiger partial charge in [-0.25, -0.2) is 14.6 Å². The van der Waals surface area contributed by atoms with Crippen LogP contribution in [0.3, 0.4) is 0 Å². The smallest absolute Gasteiger partial charge is 0.354 e. The summed E-state index contributed by atoms with van der Waals surface area (Å²) in [5, 5.41) is 17.3. The van der Waals surface area contributed by atoms with E-state index in [-0.39, 0.29) is 17.0 Å². The number of methoxy groups -OCH3 is 1. The molecule has 0 bridgehead atoms. The second-order valence-corrected chi connectivity index (χ2v) is 2.38. The molecule has 0 amide bonds. The minimum Gasteiger partial charge on any atom is -0.494 e. The minimum atomic E-state index is -1.28. The molecule has 0 aliphatic heterocycles. The topological polar surface area (TPSA) is 96.7 Å². The normalized spacial score (nSPS) is 9.50. The lowest BCUT2D eigenvalue weighted by Gasteiger charge is -2.03. The number of carbonyl (C=O) groups is 2. The first-order valence-corrected chi connectivity index (χ1v) is 3.57. The van der Waals surface area contributed by atoms with Gasteiger partial charge in [-0.05, 0) is 6.07 Å². The van der Waals surface area contributed by atoms with Crippen molar-refractivity contribution in [1.82, 2.24) is 4.98 Å². The Morgan fingerprint density at radius 2 is 2.00 bits per heavy atom. The van der Waals surface area contributed by atoms with E-state index >= 15 is 0 Å². The van der Waals surface area contributed by atoms with Crippen LogP contribution in [0.5, 0.6) is 5.75 Å². The van der Waals surface area contributed by atoms with Crippen LogP contribution < -0.4 is 4.74 Å². The van der Waals surface area contributed by atoms with Crippen LogP contribution >= 0.6 is 0 Å². The Kier molecular flexibility index (Phi) is 2.66. The molecular formula is C8H7NO5. The molecule has 74 valence electrons. The maximum absolute atomic E-state index is 10.7. The first kappa shape index (κ1) is 9.97. The van der Waals surface area contributed by atoms with Gasteiger partial charge in [0.1, 0.15) is 11.3 Å². The van der Waals surface area contributed by atoms with E-state index in [1.807, 2.05) is 0 Å². The van der Waals surface area contributed by atoms with Crippen LogP contribution in [0, 0.1) is 0 Å². The van der Waals surface area contributed by atoms with Crippen molar-refractivity contribution in [1.29, 1.82) is 0 Å². The summed E-state index contributed by atoms with van der Waals surface area (Å²) < 4.78 is 4.71. The molecule has 14 heavy (non-hydrogen) atoms. The second kappa shape index (κ2) is 3.73. The molecule has 1 aromatic rings. The van der Waals surface area contributed by atoms with E-state index in [9.17, 15) is 9.59 Å². The molecule has 6 heteroatoms. The Hall–Kier alpha value is -2.11. The quantitative estimate of drug-likeness (QED) is 0.731. The lowest BCUT2D eigenvalue weighted by molar-refractivity contribution is 0.0690. The van der Waals surface area contributed by atoms with Crippen LogP contribution in [0.4, 0.5) is 0 Å². The molecule has 0 unspecified atom stereocenters. The molecule has 0 aliphatic rings. The monoisotopic (exact) mass is 197 g/mol. The first-order chi connectivity index (χ1) is 6.56. The third-order valence-corrected chi connectivity index (χ3v) is 1.54. The molecule has 1 aromatic heterocycles. The van der Waals surface area contributed by atoms with E-state index in [0.717, 1.165) is 12.3 Å². The van der Waals surface area contributed by atoms with Gasteiger partial charge in [-0.2, -0.15) is 0 Å². The summed E-state index contributed by atoms with van der Waals surface area (Å²) in [7, 11) is 1.28. The molecule has 0 fully saturated rings. The lowest BCUT2D eigenvalue weighted by atomic mass is 10.2. The van der Waals surface area contributed by atoms with Crippen LogP contribution in [0.2, 0.25) is 0 Å². The molecule has 2 N–H and O–H groups in total. The van der Waals surface area contributed by atoms with E-state index in [4.69, 9.17) is 14.9 Å². The Labute approximate surface area is 78.8 Å².